The predicted molar refractivity (Wildman–Crippen MR) is 98.8 cm³/mol. The van der Waals surface area contributed by atoms with Gasteiger partial charge in [-0.05, 0) is 44.4 Å². The summed E-state index contributed by atoms with van der Waals surface area (Å²) >= 11 is 0. The van der Waals surface area contributed by atoms with Crippen molar-refractivity contribution in [3.8, 4) is 0 Å². The topological polar surface area (TPSA) is 67.6 Å². The van der Waals surface area contributed by atoms with Gasteiger partial charge in [0, 0.05) is 37.7 Å². The van der Waals surface area contributed by atoms with Gasteiger partial charge in [-0.3, -0.25) is 4.79 Å². The van der Waals surface area contributed by atoms with Crippen molar-refractivity contribution < 1.29 is 14.6 Å². The summed E-state index contributed by atoms with van der Waals surface area (Å²) in [7, 11) is 0. The maximum absolute atomic E-state index is 12.7. The van der Waals surface area contributed by atoms with Crippen molar-refractivity contribution in [3.63, 3.8) is 0 Å². The molecule has 1 saturated heterocycles. The van der Waals surface area contributed by atoms with Gasteiger partial charge in [-0.25, -0.2) is 4.98 Å². The molecule has 0 bridgehead atoms. The number of ether oxygens (including phenoxy) is 1. The average Bonchev–Trinajstić information content (AvgIpc) is 3.04. The van der Waals surface area contributed by atoms with Crippen LogP contribution < -0.4 is 0 Å². The van der Waals surface area contributed by atoms with Crippen LogP contribution in [0.25, 0.3) is 0 Å². The highest BCUT2D eigenvalue weighted by Gasteiger charge is 2.34. The van der Waals surface area contributed by atoms with Crippen molar-refractivity contribution in [2.45, 2.75) is 45.4 Å². The molecule has 26 heavy (non-hydrogen) atoms. The quantitative estimate of drug-likeness (QED) is 0.862. The van der Waals surface area contributed by atoms with E-state index in [1.165, 1.54) is 0 Å². The van der Waals surface area contributed by atoms with Crippen LogP contribution in [0.4, 0.5) is 0 Å². The van der Waals surface area contributed by atoms with Crippen molar-refractivity contribution in [1.82, 2.24) is 14.5 Å². The lowest BCUT2D eigenvalue weighted by Gasteiger charge is -2.38. The zero-order chi connectivity index (χ0) is 18.6. The molecule has 1 aliphatic heterocycles. The molecule has 0 aliphatic carbocycles. The van der Waals surface area contributed by atoms with E-state index in [0.717, 1.165) is 11.4 Å². The van der Waals surface area contributed by atoms with Gasteiger partial charge >= 0.3 is 0 Å². The van der Waals surface area contributed by atoms with E-state index >= 15 is 0 Å². The Hall–Kier alpha value is -2.18. The second-order valence-electron chi connectivity index (χ2n) is 6.95. The van der Waals surface area contributed by atoms with Crippen LogP contribution in [0.2, 0.25) is 0 Å². The van der Waals surface area contributed by atoms with Gasteiger partial charge < -0.3 is 19.3 Å². The Morgan fingerprint density at radius 2 is 1.96 bits per heavy atom. The number of aliphatic hydroxyl groups is 1. The zero-order valence-electron chi connectivity index (χ0n) is 15.5. The van der Waals surface area contributed by atoms with Crippen molar-refractivity contribution in [1.29, 1.82) is 0 Å². The molecule has 0 unspecified atom stereocenters. The number of aryl methyl sites for hydroxylation is 1. The molecule has 3 rings (SSSR count). The molecule has 0 spiro atoms. The number of aromatic nitrogens is 2. The largest absolute Gasteiger partial charge is 0.388 e. The monoisotopic (exact) mass is 357 g/mol. The van der Waals surface area contributed by atoms with Crippen LogP contribution in [0.5, 0.6) is 0 Å². The van der Waals surface area contributed by atoms with Crippen LogP contribution in [-0.2, 0) is 17.9 Å². The van der Waals surface area contributed by atoms with Crippen LogP contribution >= 0.6 is 0 Å². The average molecular weight is 357 g/mol. The molecular weight excluding hydrogens is 330 g/mol. The summed E-state index contributed by atoms with van der Waals surface area (Å²) in [5.41, 5.74) is 0.956. The lowest BCUT2D eigenvalue weighted by atomic mass is 9.91. The number of carbonyl (C=O) groups excluding carboxylic acids is 1. The maximum Gasteiger partial charge on any atom is 0.253 e. The van der Waals surface area contributed by atoms with Crippen LogP contribution in [0.15, 0.2) is 36.7 Å². The Bertz CT molecular complexity index is 731. The third-order valence-corrected chi connectivity index (χ3v) is 5.04. The summed E-state index contributed by atoms with van der Waals surface area (Å²) in [6, 6.07) is 7.58. The first-order chi connectivity index (χ1) is 12.5. The van der Waals surface area contributed by atoms with Crippen LogP contribution in [0, 0.1) is 6.92 Å². The Labute approximate surface area is 154 Å². The number of piperidine rings is 1. The second-order valence-corrected chi connectivity index (χ2v) is 6.95. The van der Waals surface area contributed by atoms with E-state index in [0.29, 0.717) is 51.3 Å². The summed E-state index contributed by atoms with van der Waals surface area (Å²) < 4.78 is 7.35. The molecule has 1 fully saturated rings. The molecule has 1 aliphatic rings. The highest BCUT2D eigenvalue weighted by Crippen LogP contribution is 2.25. The molecule has 1 aromatic heterocycles. The zero-order valence-corrected chi connectivity index (χ0v) is 15.5. The lowest BCUT2D eigenvalue weighted by Crippen LogP contribution is -2.48. The molecule has 2 aromatic rings. The fourth-order valence-electron chi connectivity index (χ4n) is 3.32. The van der Waals surface area contributed by atoms with E-state index in [1.54, 1.807) is 6.20 Å². The van der Waals surface area contributed by atoms with E-state index in [-0.39, 0.29) is 5.91 Å². The molecule has 0 saturated carbocycles. The number of hydrogen-bond acceptors (Lipinski definition) is 4. The molecule has 1 aromatic carbocycles. The van der Waals surface area contributed by atoms with Crippen molar-refractivity contribution in [2.24, 2.45) is 0 Å². The highest BCUT2D eigenvalue weighted by atomic mass is 16.5. The van der Waals surface area contributed by atoms with Gasteiger partial charge in [0.2, 0.25) is 0 Å². The summed E-state index contributed by atoms with van der Waals surface area (Å²) in [6.07, 6.45) is 4.76. The van der Waals surface area contributed by atoms with Crippen LogP contribution in [0.1, 0.15) is 41.5 Å². The number of carbonyl (C=O) groups is 1. The molecule has 0 radical (unpaired) electrons. The van der Waals surface area contributed by atoms with Crippen molar-refractivity contribution in [3.05, 3.63) is 53.6 Å². The summed E-state index contributed by atoms with van der Waals surface area (Å²) in [6.45, 7) is 6.77. The number of rotatable bonds is 6. The Kier molecular flexibility index (Phi) is 5.74. The van der Waals surface area contributed by atoms with Crippen molar-refractivity contribution >= 4 is 5.91 Å². The first kappa shape index (κ1) is 18.6. The van der Waals surface area contributed by atoms with Crippen LogP contribution in [-0.4, -0.2) is 50.8 Å². The molecule has 1 amide bonds. The van der Waals surface area contributed by atoms with E-state index in [1.807, 2.05) is 53.8 Å². The lowest BCUT2D eigenvalue weighted by molar-refractivity contribution is -0.0295. The normalized spacial score (nSPS) is 16.7. The standard InChI is InChI=1S/C20H27N3O3/c1-3-26-14-17-4-6-18(7-5-17)19(24)22-11-8-20(25,9-12-22)15-23-13-10-21-16(23)2/h4-7,10,13,25H,3,8-9,11-12,14-15H2,1-2H3. The number of likely N-dealkylation sites (tertiary alicyclic amines) is 1. The number of nitrogens with zero attached hydrogens (tertiary/aromatic N) is 3. The number of amides is 1. The number of imidazole rings is 1. The minimum atomic E-state index is -0.788. The van der Waals surface area contributed by atoms with Gasteiger partial charge in [0.25, 0.3) is 5.91 Å². The van der Waals surface area contributed by atoms with Crippen molar-refractivity contribution in [2.75, 3.05) is 19.7 Å². The number of benzene rings is 1. The molecule has 0 atom stereocenters. The molecule has 2 heterocycles. The van der Waals surface area contributed by atoms with Crippen LogP contribution in [0.3, 0.4) is 0 Å². The fourth-order valence-corrected chi connectivity index (χ4v) is 3.32. The van der Waals surface area contributed by atoms with E-state index in [4.69, 9.17) is 4.74 Å². The van der Waals surface area contributed by atoms with Gasteiger partial charge in [0.15, 0.2) is 0 Å². The Morgan fingerprint density at radius 1 is 1.27 bits per heavy atom. The van der Waals surface area contributed by atoms with Gasteiger partial charge in [-0.15, -0.1) is 0 Å². The third-order valence-electron chi connectivity index (χ3n) is 5.04. The molecule has 6 heteroatoms. The first-order valence-electron chi connectivity index (χ1n) is 9.17. The predicted octanol–water partition coefficient (Wildman–Crippen LogP) is 2.40. The van der Waals surface area contributed by atoms with E-state index in [2.05, 4.69) is 4.98 Å². The third kappa shape index (κ3) is 4.31. The Morgan fingerprint density at radius 3 is 2.54 bits per heavy atom. The van der Waals surface area contributed by atoms with Gasteiger partial charge in [0.1, 0.15) is 5.82 Å². The van der Waals surface area contributed by atoms with E-state index in [9.17, 15) is 9.90 Å². The second kappa shape index (κ2) is 8.01. The maximum atomic E-state index is 12.7. The van der Waals surface area contributed by atoms with E-state index < -0.39 is 5.60 Å². The summed E-state index contributed by atoms with van der Waals surface area (Å²) in [5, 5.41) is 10.9. The minimum absolute atomic E-state index is 0.0221. The summed E-state index contributed by atoms with van der Waals surface area (Å²) in [4.78, 5) is 18.7. The van der Waals surface area contributed by atoms with Gasteiger partial charge in [-0.2, -0.15) is 0 Å². The minimum Gasteiger partial charge on any atom is -0.388 e. The molecular formula is C20H27N3O3. The SMILES string of the molecule is CCOCc1ccc(C(=O)N2CCC(O)(Cn3ccnc3C)CC2)cc1. The Balaban J connectivity index is 1.57. The molecule has 1 N–H and O–H groups in total. The smallest absolute Gasteiger partial charge is 0.253 e. The number of hydrogen-bond donors (Lipinski definition) is 1. The van der Waals surface area contributed by atoms with Gasteiger partial charge in [-0.1, -0.05) is 12.1 Å². The summed E-state index contributed by atoms with van der Waals surface area (Å²) in [5.74, 6) is 0.915. The highest BCUT2D eigenvalue weighted by molar-refractivity contribution is 5.94. The molecule has 140 valence electrons. The fraction of sp³-hybridized carbons (Fsp3) is 0.500. The first-order valence-corrected chi connectivity index (χ1v) is 9.17. The van der Waals surface area contributed by atoms with Gasteiger partial charge in [0.05, 0.1) is 18.8 Å². The molecule has 6 nitrogen and oxygen atoms in total.